The minimum Gasteiger partial charge on any atom is -0.497 e. The molecule has 2 fully saturated rings. The number of carbonyl (C=O) groups is 1. The third-order valence-electron chi connectivity index (χ3n) is 8.05. The maximum atomic E-state index is 13.4. The number of ketones is 1. The molecular weight excluding hydrogens is 400 g/mol. The van der Waals surface area contributed by atoms with Gasteiger partial charge in [0, 0.05) is 17.4 Å². The van der Waals surface area contributed by atoms with Crippen LogP contribution >= 0.6 is 0 Å². The summed E-state index contributed by atoms with van der Waals surface area (Å²) >= 11 is 0. The summed E-state index contributed by atoms with van der Waals surface area (Å²) in [6, 6.07) is 16.0. The fourth-order valence-corrected chi connectivity index (χ4v) is 6.31. The number of carbonyl (C=O) groups excluding carboxylic acids is 1. The van der Waals surface area contributed by atoms with Crippen LogP contribution in [-0.2, 0) is 22.7 Å². The van der Waals surface area contributed by atoms with E-state index < -0.39 is 0 Å². The van der Waals surface area contributed by atoms with Gasteiger partial charge < -0.3 is 9.57 Å². The molecule has 5 nitrogen and oxygen atoms in total. The lowest BCUT2D eigenvalue weighted by molar-refractivity contribution is -0.125. The highest BCUT2D eigenvalue weighted by Crippen LogP contribution is 2.59. The van der Waals surface area contributed by atoms with Gasteiger partial charge in [-0.2, -0.15) is 5.26 Å². The number of nitrogens with zero attached hydrogens (tertiary/aromatic N) is 2. The number of benzene rings is 2. The van der Waals surface area contributed by atoms with Crippen LogP contribution in [0.5, 0.6) is 5.75 Å². The molecule has 2 saturated carbocycles. The Hall–Kier alpha value is -3.13. The van der Waals surface area contributed by atoms with E-state index in [9.17, 15) is 10.1 Å². The Morgan fingerprint density at radius 3 is 2.88 bits per heavy atom. The first-order chi connectivity index (χ1) is 15.5. The second-order valence-corrected chi connectivity index (χ2v) is 9.55. The van der Waals surface area contributed by atoms with Gasteiger partial charge in [-0.15, -0.1) is 0 Å². The first-order valence-electron chi connectivity index (χ1n) is 11.4. The number of rotatable bonds is 4. The molecule has 5 rings (SSSR count). The maximum absolute atomic E-state index is 13.4. The number of nitriles is 1. The van der Waals surface area contributed by atoms with Gasteiger partial charge in [-0.25, -0.2) is 0 Å². The van der Waals surface area contributed by atoms with Crippen LogP contribution in [0, 0.1) is 28.6 Å². The molecule has 0 radical (unpaired) electrons. The van der Waals surface area contributed by atoms with Crippen molar-refractivity contribution in [3.8, 4) is 11.8 Å². The van der Waals surface area contributed by atoms with Crippen molar-refractivity contribution in [3.63, 3.8) is 0 Å². The first kappa shape index (κ1) is 20.8. The summed E-state index contributed by atoms with van der Waals surface area (Å²) in [4.78, 5) is 18.9. The Balaban J connectivity index is 1.35. The molecule has 0 bridgehead atoms. The average Bonchev–Trinajstić information content (AvgIpc) is 3.09. The standard InChI is InChI=1S/C27H28N2O3/c1-27-12-11-22-21-10-8-20(31-2)13-17(21)7-9-23(22)24(27)14-25(26(27)30)29-32-16-19-6-4-3-5-18(19)15-28/h3-6,8,10,13,22-24H,7,9,11-12,14,16H2,1-2H3/b29-25+/t22-,23-,24+,27+/m1/s1. The molecule has 32 heavy (non-hydrogen) atoms. The summed E-state index contributed by atoms with van der Waals surface area (Å²) in [7, 11) is 1.71. The van der Waals surface area contributed by atoms with Crippen molar-refractivity contribution in [1.82, 2.24) is 0 Å². The van der Waals surface area contributed by atoms with Gasteiger partial charge in [-0.3, -0.25) is 4.79 Å². The molecule has 0 heterocycles. The Morgan fingerprint density at radius 1 is 1.22 bits per heavy atom. The number of Topliss-reactive ketones (excluding diaryl/α,β-unsaturated/α-hetero) is 1. The second kappa shape index (κ2) is 8.09. The predicted octanol–water partition coefficient (Wildman–Crippen LogP) is 5.17. The van der Waals surface area contributed by atoms with E-state index in [1.165, 1.54) is 11.1 Å². The Bertz CT molecular complexity index is 1130. The van der Waals surface area contributed by atoms with Gasteiger partial charge in [0.15, 0.2) is 5.78 Å². The summed E-state index contributed by atoms with van der Waals surface area (Å²) in [6.45, 7) is 2.33. The van der Waals surface area contributed by atoms with Crippen molar-refractivity contribution in [3.05, 3.63) is 64.7 Å². The van der Waals surface area contributed by atoms with Crippen LogP contribution in [0.15, 0.2) is 47.6 Å². The number of ether oxygens (including phenoxy) is 1. The number of aryl methyl sites for hydroxylation is 1. The molecule has 164 valence electrons. The SMILES string of the molecule is COc1ccc2c(c1)CC[C@@H]1[C@@H]2CC[C@]2(C)C(=O)/C(=N/OCc3ccccc3C#N)C[C@@H]12. The third-order valence-corrected chi connectivity index (χ3v) is 8.05. The smallest absolute Gasteiger partial charge is 0.186 e. The van der Waals surface area contributed by atoms with Gasteiger partial charge in [0.05, 0.1) is 18.7 Å². The van der Waals surface area contributed by atoms with Crippen molar-refractivity contribution < 1.29 is 14.4 Å². The second-order valence-electron chi connectivity index (χ2n) is 9.55. The van der Waals surface area contributed by atoms with Gasteiger partial charge in [0.25, 0.3) is 0 Å². The largest absolute Gasteiger partial charge is 0.497 e. The highest BCUT2D eigenvalue weighted by atomic mass is 16.6. The average molecular weight is 429 g/mol. The van der Waals surface area contributed by atoms with E-state index in [1.54, 1.807) is 13.2 Å². The van der Waals surface area contributed by atoms with E-state index >= 15 is 0 Å². The van der Waals surface area contributed by atoms with Crippen molar-refractivity contribution in [1.29, 1.82) is 5.26 Å². The van der Waals surface area contributed by atoms with Gasteiger partial charge in [-0.1, -0.05) is 36.3 Å². The summed E-state index contributed by atoms with van der Waals surface area (Å²) in [6.07, 6.45) is 4.73. The molecule has 0 amide bonds. The lowest BCUT2D eigenvalue weighted by Crippen LogP contribution is -2.42. The molecule has 4 atom stereocenters. The van der Waals surface area contributed by atoms with Crippen LogP contribution in [0.1, 0.15) is 60.8 Å². The maximum Gasteiger partial charge on any atom is 0.186 e. The number of methoxy groups -OCH3 is 1. The van der Waals surface area contributed by atoms with E-state index in [2.05, 4.69) is 36.3 Å². The molecule has 5 heteroatoms. The molecule has 0 aliphatic heterocycles. The zero-order valence-electron chi connectivity index (χ0n) is 18.6. The molecule has 0 unspecified atom stereocenters. The number of oxime groups is 1. The number of hydrogen-bond donors (Lipinski definition) is 0. The van der Waals surface area contributed by atoms with Crippen LogP contribution < -0.4 is 4.74 Å². The molecule has 0 spiro atoms. The van der Waals surface area contributed by atoms with E-state index in [0.29, 0.717) is 35.4 Å². The molecule has 2 aromatic carbocycles. The fraction of sp³-hybridized carbons (Fsp3) is 0.444. The highest BCUT2D eigenvalue weighted by Gasteiger charge is 2.57. The monoisotopic (exact) mass is 428 g/mol. The molecule has 0 N–H and O–H groups in total. The predicted molar refractivity (Wildman–Crippen MR) is 121 cm³/mol. The number of hydrogen-bond acceptors (Lipinski definition) is 5. The van der Waals surface area contributed by atoms with E-state index in [0.717, 1.165) is 37.0 Å². The zero-order chi connectivity index (χ0) is 22.3. The van der Waals surface area contributed by atoms with Crippen molar-refractivity contribution in [2.24, 2.45) is 22.4 Å². The van der Waals surface area contributed by atoms with Crippen LogP contribution in [0.2, 0.25) is 0 Å². The van der Waals surface area contributed by atoms with E-state index in [4.69, 9.17) is 9.57 Å². The molecular formula is C27H28N2O3. The molecule has 0 saturated heterocycles. The van der Waals surface area contributed by atoms with Crippen LogP contribution in [0.4, 0.5) is 0 Å². The Morgan fingerprint density at radius 2 is 2.06 bits per heavy atom. The van der Waals surface area contributed by atoms with Crippen molar-refractivity contribution in [2.45, 2.75) is 51.6 Å². The normalized spacial score (nSPS) is 29.6. The topological polar surface area (TPSA) is 71.7 Å². The third kappa shape index (κ3) is 3.30. The minimum absolute atomic E-state index is 0.148. The lowest BCUT2D eigenvalue weighted by Gasteiger charge is -2.47. The number of fused-ring (bicyclic) bond motifs is 5. The van der Waals surface area contributed by atoms with Crippen LogP contribution in [-0.4, -0.2) is 18.6 Å². The first-order valence-corrected chi connectivity index (χ1v) is 11.4. The summed E-state index contributed by atoms with van der Waals surface area (Å²) in [5, 5.41) is 13.5. The molecule has 2 aromatic rings. The summed E-state index contributed by atoms with van der Waals surface area (Å²) in [5.41, 5.74) is 4.41. The molecule has 3 aliphatic rings. The van der Waals surface area contributed by atoms with E-state index in [1.807, 2.05) is 18.2 Å². The quantitative estimate of drug-likeness (QED) is 0.630. The molecule has 0 aromatic heterocycles. The highest BCUT2D eigenvalue weighted by molar-refractivity contribution is 6.43. The van der Waals surface area contributed by atoms with Crippen LogP contribution in [0.25, 0.3) is 0 Å². The van der Waals surface area contributed by atoms with Gasteiger partial charge in [0.2, 0.25) is 0 Å². The van der Waals surface area contributed by atoms with Gasteiger partial charge in [0.1, 0.15) is 18.1 Å². The Kier molecular flexibility index (Phi) is 5.25. The summed E-state index contributed by atoms with van der Waals surface area (Å²) < 4.78 is 5.42. The fourth-order valence-electron chi connectivity index (χ4n) is 6.31. The van der Waals surface area contributed by atoms with E-state index in [-0.39, 0.29) is 17.8 Å². The Labute approximate surface area is 189 Å². The zero-order valence-corrected chi connectivity index (χ0v) is 18.6. The van der Waals surface area contributed by atoms with Crippen molar-refractivity contribution in [2.75, 3.05) is 7.11 Å². The lowest BCUT2D eigenvalue weighted by atomic mass is 9.55. The van der Waals surface area contributed by atoms with Crippen molar-refractivity contribution >= 4 is 11.5 Å². The van der Waals surface area contributed by atoms with Gasteiger partial charge >= 0.3 is 0 Å². The summed E-state index contributed by atoms with van der Waals surface area (Å²) in [5.74, 6) is 2.36. The molecule has 3 aliphatic carbocycles. The van der Waals surface area contributed by atoms with Crippen LogP contribution in [0.3, 0.4) is 0 Å². The minimum atomic E-state index is -0.349. The van der Waals surface area contributed by atoms with Gasteiger partial charge in [-0.05, 0) is 72.8 Å².